The fourth-order valence-corrected chi connectivity index (χ4v) is 0. The van der Waals surface area contributed by atoms with Gasteiger partial charge in [0.05, 0.1) is 5.60 Å². The van der Waals surface area contributed by atoms with Gasteiger partial charge >= 0.3 is 0 Å². The smallest absolute Gasteiger partial charge is 0.102 e. The molecule has 1 N–H and O–H groups in total. The molecule has 130 valence electrons. The Hall–Kier alpha value is -0.110. The van der Waals surface area contributed by atoms with E-state index in [1.165, 1.54) is 20.8 Å². The van der Waals surface area contributed by atoms with Crippen LogP contribution in [0.3, 0.4) is 0 Å². The minimum atomic E-state index is -1.00. The maximum Gasteiger partial charge on any atom is 0.102 e. The van der Waals surface area contributed by atoms with E-state index in [2.05, 4.69) is 48.5 Å². The summed E-state index contributed by atoms with van der Waals surface area (Å²) in [5.41, 5.74) is -1.00. The minimum Gasteiger partial charge on any atom is -0.391 e. The molecule has 0 unspecified atom stereocenters. The highest BCUT2D eigenvalue weighted by molar-refractivity contribution is 4.52. The van der Waals surface area contributed by atoms with Gasteiger partial charge in [0, 0.05) is 0 Å². The van der Waals surface area contributed by atoms with Crippen LogP contribution < -0.4 is 0 Å². The second-order valence-electron chi connectivity index (χ2n) is 8.97. The molecule has 2 heteroatoms. The lowest BCUT2D eigenvalue weighted by Crippen LogP contribution is -2.10. The highest BCUT2D eigenvalue weighted by Crippen LogP contribution is 2.08. The average molecular weight is 297 g/mol. The molecule has 0 aliphatic carbocycles. The third-order valence-electron chi connectivity index (χ3n) is 0. The van der Waals surface area contributed by atoms with E-state index in [0.29, 0.717) is 5.41 Å². The molecule has 0 rings (SSSR count). The average Bonchev–Trinajstić information content (AvgIpc) is 1.66. The van der Waals surface area contributed by atoms with Crippen LogP contribution in [-0.2, 0) is 0 Å². The molecule has 0 radical (unpaired) electrons. The summed E-state index contributed by atoms with van der Waals surface area (Å²) in [6.07, 6.45) is 0. The summed E-state index contributed by atoms with van der Waals surface area (Å²) < 4.78 is 11.7. The first kappa shape index (κ1) is 32.0. The van der Waals surface area contributed by atoms with Crippen molar-refractivity contribution in [3.63, 3.8) is 0 Å². The van der Waals surface area contributed by atoms with Gasteiger partial charge in [-0.05, 0) is 52.9 Å². The predicted molar refractivity (Wildman–Crippen MR) is 95.2 cm³/mol. The van der Waals surface area contributed by atoms with Gasteiger partial charge in [-0.25, -0.2) is 4.39 Å². The zero-order valence-corrected chi connectivity index (χ0v) is 15.9. The molecule has 1 nitrogen and oxygen atoms in total. The molecule has 0 amide bonds. The Labute approximate surface area is 130 Å². The second-order valence-corrected chi connectivity index (χ2v) is 8.97. The molecule has 20 heavy (non-hydrogen) atoms. The van der Waals surface area contributed by atoms with E-state index in [0.717, 1.165) is 5.92 Å². The lowest BCUT2D eigenvalue weighted by molar-refractivity contribution is 0.102. The molecule has 0 aliphatic rings. The van der Waals surface area contributed by atoms with Crippen molar-refractivity contribution >= 4 is 0 Å². The van der Waals surface area contributed by atoms with Crippen molar-refractivity contribution in [2.75, 3.05) is 0 Å². The van der Waals surface area contributed by atoms with Gasteiger partial charge in [-0.1, -0.05) is 55.9 Å². The first-order chi connectivity index (χ1) is 7.73. The number of halogens is 1. The Morgan fingerprint density at radius 2 is 0.700 bits per heavy atom. The van der Waals surface area contributed by atoms with E-state index in [9.17, 15) is 4.39 Å². The van der Waals surface area contributed by atoms with Crippen molar-refractivity contribution in [3.8, 4) is 0 Å². The summed E-state index contributed by atoms with van der Waals surface area (Å²) in [4.78, 5) is 0. The molecular formula is C18H45FO. The minimum absolute atomic E-state index is 0. The van der Waals surface area contributed by atoms with Crippen LogP contribution in [0, 0.1) is 11.3 Å². The Bertz CT molecular complexity index is 116. The van der Waals surface area contributed by atoms with E-state index in [-0.39, 0.29) is 7.43 Å². The van der Waals surface area contributed by atoms with Crippen LogP contribution in [0.1, 0.15) is 97.4 Å². The molecule has 0 aromatic carbocycles. The molecule has 0 spiro atoms. The van der Waals surface area contributed by atoms with E-state index in [4.69, 9.17) is 5.11 Å². The van der Waals surface area contributed by atoms with Crippen molar-refractivity contribution in [2.24, 2.45) is 11.3 Å². The molecule has 0 aliphatic heterocycles. The van der Waals surface area contributed by atoms with Crippen LogP contribution in [-0.4, -0.2) is 16.4 Å². The van der Waals surface area contributed by atoms with Crippen LogP contribution in [0.15, 0.2) is 0 Å². The molecule has 0 saturated carbocycles. The molecular weight excluding hydrogens is 251 g/mol. The van der Waals surface area contributed by atoms with Crippen molar-refractivity contribution in [1.29, 1.82) is 0 Å². The van der Waals surface area contributed by atoms with Crippen LogP contribution in [0.2, 0.25) is 0 Å². The molecule has 0 atom stereocenters. The Balaban J connectivity index is -0.0000000494. The van der Waals surface area contributed by atoms with Crippen LogP contribution in [0.5, 0.6) is 0 Å². The molecule has 0 fully saturated rings. The molecule has 0 aromatic rings. The molecule has 0 aromatic heterocycles. The van der Waals surface area contributed by atoms with Gasteiger partial charge in [-0.3, -0.25) is 0 Å². The van der Waals surface area contributed by atoms with Gasteiger partial charge in [0.25, 0.3) is 0 Å². The quantitative estimate of drug-likeness (QED) is 0.516. The summed E-state index contributed by atoms with van der Waals surface area (Å²) in [6, 6.07) is 0. The van der Waals surface area contributed by atoms with Gasteiger partial charge in [0.1, 0.15) is 5.67 Å². The first-order valence-electron chi connectivity index (χ1n) is 7.14. The van der Waals surface area contributed by atoms with Crippen molar-refractivity contribution in [3.05, 3.63) is 0 Å². The maximum atomic E-state index is 11.7. The van der Waals surface area contributed by atoms with Gasteiger partial charge in [-0.2, -0.15) is 0 Å². The van der Waals surface area contributed by atoms with Crippen LogP contribution in [0.25, 0.3) is 0 Å². The lowest BCUT2D eigenvalue weighted by Gasteiger charge is -2.05. The highest BCUT2D eigenvalue weighted by atomic mass is 19.1. The molecule has 0 bridgehead atoms. The van der Waals surface area contributed by atoms with Crippen LogP contribution >= 0.6 is 0 Å². The monoisotopic (exact) mass is 296 g/mol. The fraction of sp³-hybridized carbons (Fsp3) is 1.00. The summed E-state index contributed by atoms with van der Waals surface area (Å²) >= 11 is 0. The summed E-state index contributed by atoms with van der Waals surface area (Å²) in [7, 11) is 0. The van der Waals surface area contributed by atoms with Gasteiger partial charge in [0.2, 0.25) is 0 Å². The van der Waals surface area contributed by atoms with Crippen LogP contribution in [0.4, 0.5) is 4.39 Å². The normalized spacial score (nSPS) is 10.8. The Kier molecular flexibility index (Phi) is 22.2. The standard InChI is InChI=1S/C5H12.C4H9F.C4H10O.C4H10.CH4/c1-5(2,3)4;2*1-4(2,3)5;1-4(2)3;/h1-4H3;1-3H3;5H,1-3H3;4H,1-3H3;1H4. The highest BCUT2D eigenvalue weighted by Gasteiger charge is 2.02. The first-order valence-corrected chi connectivity index (χ1v) is 7.14. The third-order valence-corrected chi connectivity index (χ3v) is 0. The maximum absolute atomic E-state index is 11.7. The zero-order valence-electron chi connectivity index (χ0n) is 15.9. The largest absolute Gasteiger partial charge is 0.391 e. The molecule has 0 heterocycles. The van der Waals surface area contributed by atoms with Crippen molar-refractivity contribution in [2.45, 2.75) is 109 Å². The van der Waals surface area contributed by atoms with E-state index in [1.54, 1.807) is 20.8 Å². The number of hydrogen-bond acceptors (Lipinski definition) is 1. The van der Waals surface area contributed by atoms with Gasteiger partial charge in [-0.15, -0.1) is 0 Å². The second kappa shape index (κ2) is 13.9. The molecule has 0 saturated heterocycles. The summed E-state index contributed by atoms with van der Waals surface area (Å²) in [5.74, 6) is 0.833. The van der Waals surface area contributed by atoms with Crippen molar-refractivity contribution < 1.29 is 9.50 Å². The number of alkyl halides is 1. The third kappa shape index (κ3) is 422000. The number of hydrogen-bond donors (Lipinski definition) is 1. The Morgan fingerprint density at radius 3 is 0.700 bits per heavy atom. The van der Waals surface area contributed by atoms with E-state index >= 15 is 0 Å². The van der Waals surface area contributed by atoms with Gasteiger partial charge in [0.15, 0.2) is 0 Å². The fourth-order valence-electron chi connectivity index (χ4n) is 0. The predicted octanol–water partition coefficient (Wildman–Crippen LogP) is 6.88. The van der Waals surface area contributed by atoms with Crippen molar-refractivity contribution in [1.82, 2.24) is 0 Å². The SMILES string of the molecule is C.CC(C)(C)C.CC(C)(C)F.CC(C)(C)O.CC(C)C. The zero-order chi connectivity index (χ0) is 17.1. The number of aliphatic hydroxyl groups is 1. The number of rotatable bonds is 0. The van der Waals surface area contributed by atoms with E-state index in [1.807, 2.05) is 0 Å². The Morgan fingerprint density at radius 1 is 0.700 bits per heavy atom. The topological polar surface area (TPSA) is 20.2 Å². The van der Waals surface area contributed by atoms with Gasteiger partial charge < -0.3 is 5.11 Å². The van der Waals surface area contributed by atoms with E-state index < -0.39 is 11.3 Å². The lowest BCUT2D eigenvalue weighted by atomic mass is 10.0. The summed E-state index contributed by atoms with van der Waals surface area (Å²) in [6.45, 7) is 25.0. The summed E-state index contributed by atoms with van der Waals surface area (Å²) in [5, 5.41) is 8.52.